The predicted octanol–water partition coefficient (Wildman–Crippen LogP) is 3.97. The lowest BCUT2D eigenvalue weighted by molar-refractivity contribution is -0.118. The van der Waals surface area contributed by atoms with E-state index in [0.717, 1.165) is 14.4 Å². The molecule has 0 aliphatic carbocycles. The van der Waals surface area contributed by atoms with Crippen LogP contribution in [0.2, 0.25) is 0 Å². The standard InChI is InChI=1S/C17H16N4O2S3/c1-12-4-6-13(7-5-12)10-24-16-20-21-17(26-16)25-11-15(22)19-18-9-14-3-2-8-23-14/h2-9H,10-11H2,1H3,(H,19,22)/b18-9-. The summed E-state index contributed by atoms with van der Waals surface area (Å²) in [6.45, 7) is 2.07. The lowest BCUT2D eigenvalue weighted by Crippen LogP contribution is -2.19. The van der Waals surface area contributed by atoms with Crippen molar-refractivity contribution in [3.8, 4) is 0 Å². The number of carbonyl (C=O) groups excluding carboxylic acids is 1. The summed E-state index contributed by atoms with van der Waals surface area (Å²) in [6.07, 6.45) is 3.00. The van der Waals surface area contributed by atoms with Crippen LogP contribution in [0.1, 0.15) is 16.9 Å². The highest BCUT2D eigenvalue weighted by Crippen LogP contribution is 2.30. The van der Waals surface area contributed by atoms with Crippen LogP contribution >= 0.6 is 34.9 Å². The van der Waals surface area contributed by atoms with Gasteiger partial charge in [-0.25, -0.2) is 5.43 Å². The lowest BCUT2D eigenvalue weighted by Gasteiger charge is -1.99. The number of aromatic nitrogens is 2. The molecule has 1 N–H and O–H groups in total. The molecule has 2 heterocycles. The van der Waals surface area contributed by atoms with Gasteiger partial charge in [-0.2, -0.15) is 5.10 Å². The minimum Gasteiger partial charge on any atom is -0.463 e. The van der Waals surface area contributed by atoms with Crippen LogP contribution in [0.5, 0.6) is 0 Å². The van der Waals surface area contributed by atoms with Crippen molar-refractivity contribution in [2.75, 3.05) is 5.75 Å². The number of carbonyl (C=O) groups is 1. The molecule has 0 saturated carbocycles. The summed E-state index contributed by atoms with van der Waals surface area (Å²) in [4.78, 5) is 11.8. The minimum absolute atomic E-state index is 0.207. The third kappa shape index (κ3) is 6.01. The fourth-order valence-electron chi connectivity index (χ4n) is 1.84. The maximum absolute atomic E-state index is 11.8. The molecule has 0 unspecified atom stereocenters. The molecule has 9 heteroatoms. The third-order valence-electron chi connectivity index (χ3n) is 3.12. The second-order valence-corrected chi connectivity index (χ2v) is 8.63. The number of rotatable bonds is 8. The van der Waals surface area contributed by atoms with Gasteiger partial charge in [-0.1, -0.05) is 64.7 Å². The summed E-state index contributed by atoms with van der Waals surface area (Å²) in [5.74, 6) is 1.45. The zero-order valence-electron chi connectivity index (χ0n) is 13.9. The molecule has 0 aliphatic rings. The first-order valence-electron chi connectivity index (χ1n) is 7.69. The Morgan fingerprint density at radius 3 is 2.73 bits per heavy atom. The lowest BCUT2D eigenvalue weighted by atomic mass is 10.2. The Balaban J connectivity index is 1.40. The summed E-state index contributed by atoms with van der Waals surface area (Å²) in [5, 5.41) is 12.1. The van der Waals surface area contributed by atoms with Crippen molar-refractivity contribution in [3.05, 3.63) is 59.5 Å². The molecule has 0 spiro atoms. The molecule has 2 aromatic heterocycles. The summed E-state index contributed by atoms with van der Waals surface area (Å²) in [6, 6.07) is 11.9. The minimum atomic E-state index is -0.207. The number of amides is 1. The van der Waals surface area contributed by atoms with E-state index in [1.165, 1.54) is 40.4 Å². The monoisotopic (exact) mass is 404 g/mol. The molecule has 0 saturated heterocycles. The van der Waals surface area contributed by atoms with Gasteiger partial charge in [0.2, 0.25) is 0 Å². The average Bonchev–Trinajstić information content (AvgIpc) is 3.31. The molecule has 1 amide bonds. The maximum atomic E-state index is 11.8. The second-order valence-electron chi connectivity index (χ2n) is 5.21. The van der Waals surface area contributed by atoms with E-state index in [-0.39, 0.29) is 11.7 Å². The largest absolute Gasteiger partial charge is 0.463 e. The van der Waals surface area contributed by atoms with Gasteiger partial charge in [-0.05, 0) is 24.6 Å². The zero-order valence-corrected chi connectivity index (χ0v) is 16.4. The molecule has 0 aliphatic heterocycles. The Morgan fingerprint density at radius 2 is 2.00 bits per heavy atom. The molecule has 0 bridgehead atoms. The maximum Gasteiger partial charge on any atom is 0.250 e. The molecule has 6 nitrogen and oxygen atoms in total. The normalized spacial score (nSPS) is 11.1. The molecule has 0 atom stereocenters. The number of furan rings is 1. The first-order valence-corrected chi connectivity index (χ1v) is 10.5. The summed E-state index contributed by atoms with van der Waals surface area (Å²) in [7, 11) is 0. The summed E-state index contributed by atoms with van der Waals surface area (Å²) < 4.78 is 6.74. The van der Waals surface area contributed by atoms with Gasteiger partial charge in [-0.15, -0.1) is 10.2 Å². The van der Waals surface area contributed by atoms with E-state index in [9.17, 15) is 4.79 Å². The molecule has 3 aromatic rings. The van der Waals surface area contributed by atoms with Crippen LogP contribution in [0.15, 0.2) is 60.9 Å². The van der Waals surface area contributed by atoms with E-state index in [4.69, 9.17) is 4.42 Å². The van der Waals surface area contributed by atoms with E-state index in [2.05, 4.69) is 51.9 Å². The number of nitrogens with one attached hydrogen (secondary N) is 1. The van der Waals surface area contributed by atoms with Crippen LogP contribution in [0, 0.1) is 6.92 Å². The Hall–Kier alpha value is -2.10. The van der Waals surface area contributed by atoms with Crippen LogP contribution in [-0.2, 0) is 10.5 Å². The highest BCUT2D eigenvalue weighted by Gasteiger charge is 2.08. The number of hydrazone groups is 1. The molecule has 0 radical (unpaired) electrons. The molecule has 134 valence electrons. The quantitative estimate of drug-likeness (QED) is 0.348. The van der Waals surface area contributed by atoms with E-state index in [0.29, 0.717) is 5.76 Å². The van der Waals surface area contributed by atoms with Crippen LogP contribution in [0.3, 0.4) is 0 Å². The van der Waals surface area contributed by atoms with Crippen molar-refractivity contribution >= 4 is 47.0 Å². The van der Waals surface area contributed by atoms with E-state index in [1.807, 2.05) is 0 Å². The van der Waals surface area contributed by atoms with Crippen LogP contribution in [-0.4, -0.2) is 28.1 Å². The Kier molecular flexibility index (Phi) is 6.87. The third-order valence-corrected chi connectivity index (χ3v) is 6.38. The van der Waals surface area contributed by atoms with Crippen molar-refractivity contribution < 1.29 is 9.21 Å². The Labute approximate surface area is 163 Å². The fourth-order valence-corrected chi connectivity index (χ4v) is 4.60. The van der Waals surface area contributed by atoms with Crippen LogP contribution < -0.4 is 5.43 Å². The number of benzene rings is 1. The van der Waals surface area contributed by atoms with Gasteiger partial charge in [0.1, 0.15) is 5.76 Å². The predicted molar refractivity (Wildman–Crippen MR) is 106 cm³/mol. The number of hydrogen-bond acceptors (Lipinski definition) is 8. The van der Waals surface area contributed by atoms with Crippen molar-refractivity contribution in [2.45, 2.75) is 21.4 Å². The first-order chi connectivity index (χ1) is 12.7. The van der Waals surface area contributed by atoms with Gasteiger partial charge in [0, 0.05) is 5.75 Å². The number of nitrogens with zero attached hydrogens (tertiary/aromatic N) is 3. The van der Waals surface area contributed by atoms with Gasteiger partial charge in [0.05, 0.1) is 18.2 Å². The van der Waals surface area contributed by atoms with E-state index < -0.39 is 0 Å². The van der Waals surface area contributed by atoms with E-state index >= 15 is 0 Å². The molecule has 26 heavy (non-hydrogen) atoms. The van der Waals surface area contributed by atoms with E-state index in [1.54, 1.807) is 30.2 Å². The van der Waals surface area contributed by atoms with Crippen molar-refractivity contribution in [1.29, 1.82) is 0 Å². The molecular weight excluding hydrogens is 388 g/mol. The number of aryl methyl sites for hydroxylation is 1. The smallest absolute Gasteiger partial charge is 0.250 e. The van der Waals surface area contributed by atoms with Gasteiger partial charge < -0.3 is 4.42 Å². The van der Waals surface area contributed by atoms with Crippen molar-refractivity contribution in [3.63, 3.8) is 0 Å². The van der Waals surface area contributed by atoms with Crippen LogP contribution in [0.4, 0.5) is 0 Å². The fraction of sp³-hybridized carbons (Fsp3) is 0.176. The van der Waals surface area contributed by atoms with Crippen molar-refractivity contribution in [2.24, 2.45) is 5.10 Å². The topological polar surface area (TPSA) is 80.4 Å². The van der Waals surface area contributed by atoms with Gasteiger partial charge in [-0.3, -0.25) is 4.79 Å². The Bertz CT molecular complexity index is 861. The highest BCUT2D eigenvalue weighted by molar-refractivity contribution is 8.03. The summed E-state index contributed by atoms with van der Waals surface area (Å²) >= 11 is 4.48. The molecule has 3 rings (SSSR count). The van der Waals surface area contributed by atoms with Gasteiger partial charge in [0.25, 0.3) is 5.91 Å². The molecule has 0 fully saturated rings. The molecular formula is C17H16N4O2S3. The van der Waals surface area contributed by atoms with Gasteiger partial charge in [0.15, 0.2) is 8.68 Å². The average molecular weight is 405 g/mol. The molecule has 1 aromatic carbocycles. The van der Waals surface area contributed by atoms with Crippen molar-refractivity contribution in [1.82, 2.24) is 15.6 Å². The second kappa shape index (κ2) is 9.56. The number of thioether (sulfide) groups is 2. The zero-order chi connectivity index (χ0) is 18.2. The van der Waals surface area contributed by atoms with Crippen LogP contribution in [0.25, 0.3) is 0 Å². The SMILES string of the molecule is Cc1ccc(CSc2nnc(SCC(=O)N/N=C\c3ccco3)s2)cc1. The highest BCUT2D eigenvalue weighted by atomic mass is 32.2. The Morgan fingerprint density at radius 1 is 1.23 bits per heavy atom. The first kappa shape index (κ1) is 18.7. The summed E-state index contributed by atoms with van der Waals surface area (Å²) in [5.41, 5.74) is 4.95. The number of hydrogen-bond donors (Lipinski definition) is 1. The van der Waals surface area contributed by atoms with Gasteiger partial charge >= 0.3 is 0 Å².